The van der Waals surface area contributed by atoms with Gasteiger partial charge in [-0.2, -0.15) is 0 Å². The predicted molar refractivity (Wildman–Crippen MR) is 80.0 cm³/mol. The van der Waals surface area contributed by atoms with Gasteiger partial charge >= 0.3 is 0 Å². The summed E-state index contributed by atoms with van der Waals surface area (Å²) in [5.74, 6) is 1.96. The lowest BCUT2D eigenvalue weighted by atomic mass is 9.87. The van der Waals surface area contributed by atoms with Crippen molar-refractivity contribution in [3.05, 3.63) is 42.0 Å². The maximum Gasteiger partial charge on any atom is 0.242 e. The van der Waals surface area contributed by atoms with E-state index < -0.39 is 10.0 Å². The summed E-state index contributed by atoms with van der Waals surface area (Å²) in [5.41, 5.74) is 1.28. The molecule has 3 atom stereocenters. The summed E-state index contributed by atoms with van der Waals surface area (Å²) in [6.07, 6.45) is 7.13. The molecule has 0 spiro atoms. The molecule has 108 valence electrons. The Labute approximate surface area is 121 Å². The molecule has 3 unspecified atom stereocenters. The fraction of sp³-hybridized carbons (Fsp3) is 0.500. The molecule has 1 aromatic rings. The summed E-state index contributed by atoms with van der Waals surface area (Å²) >= 11 is 0. The second-order valence-corrected chi connectivity index (χ2v) is 7.92. The first kappa shape index (κ1) is 13.8. The number of hydrogen-bond acceptors (Lipinski definition) is 2. The van der Waals surface area contributed by atoms with Gasteiger partial charge in [-0.3, -0.25) is 0 Å². The van der Waals surface area contributed by atoms with Gasteiger partial charge in [-0.05, 0) is 48.3 Å². The van der Waals surface area contributed by atoms with Crippen molar-refractivity contribution in [1.29, 1.82) is 0 Å². The number of fused-ring (bicyclic) bond motifs is 2. The highest BCUT2D eigenvalue weighted by molar-refractivity contribution is 7.89. The summed E-state index contributed by atoms with van der Waals surface area (Å²) < 4.78 is 25.9. The summed E-state index contributed by atoms with van der Waals surface area (Å²) in [6, 6.07) is 7.50. The van der Waals surface area contributed by atoms with Crippen LogP contribution in [0.1, 0.15) is 31.2 Å². The molecule has 4 heteroatoms. The van der Waals surface area contributed by atoms with Crippen LogP contribution in [0.3, 0.4) is 0 Å². The minimum Gasteiger partial charge on any atom is -0.207 e. The number of nitrogens with zero attached hydrogens (tertiary/aromatic N) is 1. The SMILES string of the molecule is CCN(C)S(=O)(=O)c1ccc(C2CC3C=CC2C3)cc1. The molecule has 1 fully saturated rings. The van der Waals surface area contributed by atoms with Crippen LogP contribution >= 0.6 is 0 Å². The highest BCUT2D eigenvalue weighted by atomic mass is 32.2. The zero-order valence-corrected chi connectivity index (χ0v) is 12.8. The molecule has 3 rings (SSSR count). The van der Waals surface area contributed by atoms with Gasteiger partial charge in [0, 0.05) is 13.6 Å². The van der Waals surface area contributed by atoms with Gasteiger partial charge in [-0.25, -0.2) is 12.7 Å². The Morgan fingerprint density at radius 1 is 1.15 bits per heavy atom. The zero-order valence-electron chi connectivity index (χ0n) is 12.0. The third kappa shape index (κ3) is 2.21. The third-order valence-electron chi connectivity index (χ3n) is 4.74. The first-order chi connectivity index (χ1) is 9.52. The average molecular weight is 291 g/mol. The number of allylic oxidation sites excluding steroid dienone is 2. The van der Waals surface area contributed by atoms with E-state index in [0.717, 1.165) is 5.92 Å². The van der Waals surface area contributed by atoms with E-state index in [-0.39, 0.29) is 0 Å². The highest BCUT2D eigenvalue weighted by Crippen LogP contribution is 2.48. The van der Waals surface area contributed by atoms with Gasteiger partial charge in [0.1, 0.15) is 0 Å². The Kier molecular flexibility index (Phi) is 3.46. The van der Waals surface area contributed by atoms with Crippen molar-refractivity contribution >= 4 is 10.0 Å². The second-order valence-electron chi connectivity index (χ2n) is 5.87. The fourth-order valence-electron chi connectivity index (χ4n) is 3.40. The Hall–Kier alpha value is -1.13. The number of hydrogen-bond donors (Lipinski definition) is 0. The topological polar surface area (TPSA) is 37.4 Å². The van der Waals surface area contributed by atoms with Crippen LogP contribution in [0.4, 0.5) is 0 Å². The van der Waals surface area contributed by atoms with E-state index >= 15 is 0 Å². The van der Waals surface area contributed by atoms with E-state index in [1.54, 1.807) is 19.2 Å². The number of sulfonamides is 1. The smallest absolute Gasteiger partial charge is 0.207 e. The standard InChI is InChI=1S/C16H21NO2S/c1-3-17(2)20(18,19)15-8-6-13(7-9-15)16-11-12-4-5-14(16)10-12/h4-9,12,14,16H,3,10-11H2,1-2H3. The van der Waals surface area contributed by atoms with Crippen molar-refractivity contribution < 1.29 is 8.42 Å². The van der Waals surface area contributed by atoms with Crippen molar-refractivity contribution in [3.8, 4) is 0 Å². The molecule has 2 bridgehead atoms. The van der Waals surface area contributed by atoms with E-state index in [2.05, 4.69) is 12.2 Å². The molecule has 1 aromatic carbocycles. The first-order valence-electron chi connectivity index (χ1n) is 7.27. The molecule has 0 aromatic heterocycles. The highest BCUT2D eigenvalue weighted by Gasteiger charge is 2.36. The van der Waals surface area contributed by atoms with Crippen LogP contribution in [0.2, 0.25) is 0 Å². The largest absolute Gasteiger partial charge is 0.242 e. The lowest BCUT2D eigenvalue weighted by Gasteiger charge is -2.19. The molecule has 0 aliphatic heterocycles. The van der Waals surface area contributed by atoms with Crippen LogP contribution in [-0.4, -0.2) is 26.3 Å². The van der Waals surface area contributed by atoms with E-state index in [9.17, 15) is 8.42 Å². The third-order valence-corrected chi connectivity index (χ3v) is 6.69. The van der Waals surface area contributed by atoms with Crippen molar-refractivity contribution in [2.45, 2.75) is 30.6 Å². The predicted octanol–water partition coefficient (Wildman–Crippen LogP) is 3.01. The van der Waals surface area contributed by atoms with Crippen LogP contribution in [0.5, 0.6) is 0 Å². The number of rotatable bonds is 4. The van der Waals surface area contributed by atoms with Crippen LogP contribution < -0.4 is 0 Å². The maximum absolute atomic E-state index is 12.2. The molecule has 3 nitrogen and oxygen atoms in total. The Morgan fingerprint density at radius 3 is 2.35 bits per heavy atom. The van der Waals surface area contributed by atoms with Crippen LogP contribution in [-0.2, 0) is 10.0 Å². The molecule has 0 radical (unpaired) electrons. The van der Waals surface area contributed by atoms with Crippen molar-refractivity contribution in [2.75, 3.05) is 13.6 Å². The molecule has 2 aliphatic carbocycles. The maximum atomic E-state index is 12.2. The molecule has 0 amide bonds. The minimum absolute atomic E-state index is 0.393. The molecule has 0 heterocycles. The molecule has 2 aliphatic rings. The number of benzene rings is 1. The van der Waals surface area contributed by atoms with Crippen molar-refractivity contribution in [1.82, 2.24) is 4.31 Å². The van der Waals surface area contributed by atoms with Crippen LogP contribution in [0, 0.1) is 11.8 Å². The van der Waals surface area contributed by atoms with E-state index in [1.807, 2.05) is 19.1 Å². The van der Waals surface area contributed by atoms with Gasteiger partial charge in [0.2, 0.25) is 10.0 Å². The van der Waals surface area contributed by atoms with E-state index in [1.165, 1.54) is 22.7 Å². The molecule has 0 saturated heterocycles. The van der Waals surface area contributed by atoms with Gasteiger partial charge < -0.3 is 0 Å². The van der Waals surface area contributed by atoms with Gasteiger partial charge in [0.05, 0.1) is 4.90 Å². The Balaban J connectivity index is 1.84. The van der Waals surface area contributed by atoms with Gasteiger partial charge in [0.25, 0.3) is 0 Å². The molecular weight excluding hydrogens is 270 g/mol. The molecule has 1 saturated carbocycles. The van der Waals surface area contributed by atoms with E-state index in [0.29, 0.717) is 23.3 Å². The van der Waals surface area contributed by atoms with Crippen molar-refractivity contribution in [2.24, 2.45) is 11.8 Å². The molecule has 20 heavy (non-hydrogen) atoms. The molecular formula is C16H21NO2S. The van der Waals surface area contributed by atoms with Crippen LogP contribution in [0.25, 0.3) is 0 Å². The minimum atomic E-state index is -3.32. The molecule has 0 N–H and O–H groups in total. The summed E-state index contributed by atoms with van der Waals surface area (Å²) in [4.78, 5) is 0.393. The summed E-state index contributed by atoms with van der Waals surface area (Å²) in [6.45, 7) is 2.33. The summed E-state index contributed by atoms with van der Waals surface area (Å²) in [7, 11) is -1.71. The normalized spacial score (nSPS) is 28.4. The van der Waals surface area contributed by atoms with Gasteiger partial charge in [-0.15, -0.1) is 0 Å². The quantitative estimate of drug-likeness (QED) is 0.800. The first-order valence-corrected chi connectivity index (χ1v) is 8.71. The lowest BCUT2D eigenvalue weighted by Crippen LogP contribution is -2.26. The van der Waals surface area contributed by atoms with Gasteiger partial charge in [0.15, 0.2) is 0 Å². The Bertz CT molecular complexity index is 618. The Morgan fingerprint density at radius 2 is 1.85 bits per heavy atom. The van der Waals surface area contributed by atoms with E-state index in [4.69, 9.17) is 0 Å². The second kappa shape index (κ2) is 5.01. The average Bonchev–Trinajstić information content (AvgIpc) is 3.09. The monoisotopic (exact) mass is 291 g/mol. The van der Waals surface area contributed by atoms with Crippen LogP contribution in [0.15, 0.2) is 41.3 Å². The lowest BCUT2D eigenvalue weighted by molar-refractivity contribution is 0.486. The summed E-state index contributed by atoms with van der Waals surface area (Å²) in [5, 5.41) is 0. The van der Waals surface area contributed by atoms with Crippen molar-refractivity contribution in [3.63, 3.8) is 0 Å². The van der Waals surface area contributed by atoms with Gasteiger partial charge in [-0.1, -0.05) is 31.2 Å². The zero-order chi connectivity index (χ0) is 14.3. The fourth-order valence-corrected chi connectivity index (χ4v) is 4.58.